The number of likely N-dealkylation sites (N-methyl/N-ethyl adjacent to an activating group) is 1. The lowest BCUT2D eigenvalue weighted by Gasteiger charge is -2.40. The highest BCUT2D eigenvalue weighted by molar-refractivity contribution is 5.82. The summed E-state index contributed by atoms with van der Waals surface area (Å²) in [6.07, 6.45) is 6.56. The molecule has 4 nitrogen and oxygen atoms in total. The van der Waals surface area contributed by atoms with Gasteiger partial charge in [0.2, 0.25) is 5.91 Å². The van der Waals surface area contributed by atoms with Crippen molar-refractivity contribution in [2.24, 2.45) is 0 Å². The van der Waals surface area contributed by atoms with Gasteiger partial charge in [-0.1, -0.05) is 43.2 Å². The minimum absolute atomic E-state index is 0.0350. The van der Waals surface area contributed by atoms with Crippen LogP contribution in [0.5, 0.6) is 0 Å². The van der Waals surface area contributed by atoms with Crippen LogP contribution < -0.4 is 0 Å². The molecule has 0 aromatic heterocycles. The molecule has 0 unspecified atom stereocenters. The second kappa shape index (κ2) is 7.66. The first-order chi connectivity index (χ1) is 11.6. The third-order valence-corrected chi connectivity index (χ3v) is 5.69. The summed E-state index contributed by atoms with van der Waals surface area (Å²) >= 11 is 0. The topological polar surface area (TPSA) is 43.8 Å². The maximum atomic E-state index is 12.9. The molecule has 1 aromatic carbocycles. The molecule has 132 valence electrons. The minimum Gasteiger partial charge on any atom is -0.389 e. The zero-order valence-electron chi connectivity index (χ0n) is 14.8. The van der Waals surface area contributed by atoms with Gasteiger partial charge in [0.15, 0.2) is 0 Å². The van der Waals surface area contributed by atoms with Gasteiger partial charge in [0.05, 0.1) is 11.6 Å². The summed E-state index contributed by atoms with van der Waals surface area (Å²) < 4.78 is 0. The normalized spacial score (nSPS) is 25.2. The lowest BCUT2D eigenvalue weighted by Crippen LogP contribution is -2.53. The van der Waals surface area contributed by atoms with Gasteiger partial charge < -0.3 is 10.0 Å². The van der Waals surface area contributed by atoms with E-state index in [2.05, 4.69) is 24.1 Å². The van der Waals surface area contributed by atoms with Gasteiger partial charge in [-0.25, -0.2) is 0 Å². The number of nitrogens with zero attached hydrogens (tertiary/aromatic N) is 2. The van der Waals surface area contributed by atoms with Gasteiger partial charge in [0.25, 0.3) is 0 Å². The largest absolute Gasteiger partial charge is 0.389 e. The van der Waals surface area contributed by atoms with E-state index in [0.29, 0.717) is 32.4 Å². The van der Waals surface area contributed by atoms with Crippen LogP contribution >= 0.6 is 0 Å². The molecule has 0 bridgehead atoms. The predicted molar refractivity (Wildman–Crippen MR) is 95.8 cm³/mol. The number of hydrogen-bond acceptors (Lipinski definition) is 3. The van der Waals surface area contributed by atoms with Crippen LogP contribution in [0.25, 0.3) is 0 Å². The molecule has 1 N–H and O–H groups in total. The monoisotopic (exact) mass is 330 g/mol. The van der Waals surface area contributed by atoms with E-state index in [-0.39, 0.29) is 11.9 Å². The van der Waals surface area contributed by atoms with Gasteiger partial charge in [-0.3, -0.25) is 9.69 Å². The van der Waals surface area contributed by atoms with E-state index < -0.39 is 5.60 Å². The summed E-state index contributed by atoms with van der Waals surface area (Å²) in [4.78, 5) is 17.1. The lowest BCUT2D eigenvalue weighted by molar-refractivity contribution is -0.140. The average Bonchev–Trinajstić information content (AvgIpc) is 2.80. The van der Waals surface area contributed by atoms with Crippen LogP contribution in [0.3, 0.4) is 0 Å². The highest BCUT2D eigenvalue weighted by atomic mass is 16.3. The molecule has 1 amide bonds. The number of carbonyl (C=O) groups is 1. The van der Waals surface area contributed by atoms with E-state index >= 15 is 0 Å². The maximum absolute atomic E-state index is 12.9. The van der Waals surface area contributed by atoms with Crippen molar-refractivity contribution in [3.8, 4) is 0 Å². The van der Waals surface area contributed by atoms with Gasteiger partial charge in [-0.15, -0.1) is 0 Å². The van der Waals surface area contributed by atoms with Crippen LogP contribution in [0.2, 0.25) is 0 Å². The Kier molecular flexibility index (Phi) is 5.57. The molecule has 1 aromatic rings. The average molecular weight is 330 g/mol. The minimum atomic E-state index is -0.673. The Morgan fingerprint density at radius 3 is 2.54 bits per heavy atom. The third kappa shape index (κ3) is 4.17. The lowest BCUT2D eigenvalue weighted by atomic mass is 9.85. The van der Waals surface area contributed by atoms with Crippen molar-refractivity contribution >= 4 is 5.91 Å². The van der Waals surface area contributed by atoms with Crippen molar-refractivity contribution in [1.82, 2.24) is 9.80 Å². The molecule has 2 saturated heterocycles. The first-order valence-electron chi connectivity index (χ1n) is 9.33. The van der Waals surface area contributed by atoms with Gasteiger partial charge in [-0.05, 0) is 44.8 Å². The number of likely N-dealkylation sites (tertiary alicyclic amines) is 2. The molecule has 0 aliphatic carbocycles. The molecule has 0 spiro atoms. The smallest absolute Gasteiger partial charge is 0.239 e. The summed E-state index contributed by atoms with van der Waals surface area (Å²) in [6.45, 7) is 2.36. The number of benzene rings is 1. The molecule has 2 aliphatic rings. The molecule has 24 heavy (non-hydrogen) atoms. The highest BCUT2D eigenvalue weighted by Crippen LogP contribution is 2.28. The fourth-order valence-corrected chi connectivity index (χ4v) is 4.07. The van der Waals surface area contributed by atoms with Crippen molar-refractivity contribution in [3.05, 3.63) is 35.9 Å². The van der Waals surface area contributed by atoms with Gasteiger partial charge in [-0.2, -0.15) is 0 Å². The van der Waals surface area contributed by atoms with Crippen LogP contribution in [0, 0.1) is 0 Å². The molecule has 3 rings (SSSR count). The molecule has 1 atom stereocenters. The number of piperidine rings is 1. The molecular weight excluding hydrogens is 300 g/mol. The first-order valence-corrected chi connectivity index (χ1v) is 9.33. The summed E-state index contributed by atoms with van der Waals surface area (Å²) in [7, 11) is 2.07. The Balaban J connectivity index is 1.56. The van der Waals surface area contributed by atoms with Gasteiger partial charge in [0, 0.05) is 19.5 Å². The molecule has 0 saturated carbocycles. The van der Waals surface area contributed by atoms with Crippen molar-refractivity contribution in [3.63, 3.8) is 0 Å². The Morgan fingerprint density at radius 1 is 1.12 bits per heavy atom. The van der Waals surface area contributed by atoms with Crippen LogP contribution in [-0.4, -0.2) is 59.1 Å². The van der Waals surface area contributed by atoms with E-state index in [1.165, 1.54) is 18.4 Å². The van der Waals surface area contributed by atoms with Crippen LogP contribution in [0.15, 0.2) is 30.3 Å². The quantitative estimate of drug-likeness (QED) is 0.926. The van der Waals surface area contributed by atoms with Gasteiger partial charge >= 0.3 is 0 Å². The SMILES string of the molecule is CN1CCCCC[C@@H]1C(=O)N1CCC(O)(Cc2ccccc2)CC1. The van der Waals surface area contributed by atoms with E-state index in [4.69, 9.17) is 0 Å². The standard InChI is InChI=1S/C20H30N2O2/c1-21-13-7-3-6-10-18(21)19(23)22-14-11-20(24,12-15-22)16-17-8-4-2-5-9-17/h2,4-5,8-9,18,24H,3,6-7,10-16H2,1H3/t18-/m1/s1. The molecule has 4 heteroatoms. The summed E-state index contributed by atoms with van der Waals surface area (Å²) in [5.74, 6) is 0.265. The molecule has 2 heterocycles. The molecule has 2 aliphatic heterocycles. The number of rotatable bonds is 3. The molecule has 2 fully saturated rings. The summed E-state index contributed by atoms with van der Waals surface area (Å²) in [5.41, 5.74) is 0.497. The third-order valence-electron chi connectivity index (χ3n) is 5.69. The number of amides is 1. The van der Waals surface area contributed by atoms with Crippen LogP contribution in [-0.2, 0) is 11.2 Å². The zero-order valence-corrected chi connectivity index (χ0v) is 14.8. The Bertz CT molecular complexity index is 538. The maximum Gasteiger partial charge on any atom is 0.239 e. The Morgan fingerprint density at radius 2 is 1.83 bits per heavy atom. The second-order valence-electron chi connectivity index (χ2n) is 7.56. The van der Waals surface area contributed by atoms with Crippen LogP contribution in [0.1, 0.15) is 44.1 Å². The fraction of sp³-hybridized carbons (Fsp3) is 0.650. The highest BCUT2D eigenvalue weighted by Gasteiger charge is 2.36. The van der Waals surface area contributed by atoms with Crippen LogP contribution in [0.4, 0.5) is 0 Å². The molecular formula is C20H30N2O2. The van der Waals surface area contributed by atoms with E-state index in [1.807, 2.05) is 23.1 Å². The van der Waals surface area contributed by atoms with E-state index in [9.17, 15) is 9.90 Å². The Labute approximate surface area is 145 Å². The summed E-state index contributed by atoms with van der Waals surface area (Å²) in [5, 5.41) is 10.9. The molecule has 0 radical (unpaired) electrons. The summed E-state index contributed by atoms with van der Waals surface area (Å²) in [6, 6.07) is 10.2. The number of carbonyl (C=O) groups excluding carboxylic acids is 1. The first kappa shape index (κ1) is 17.4. The van der Waals surface area contributed by atoms with Crippen molar-refractivity contribution in [2.45, 2.75) is 56.6 Å². The second-order valence-corrected chi connectivity index (χ2v) is 7.56. The fourth-order valence-electron chi connectivity index (χ4n) is 4.07. The van der Waals surface area contributed by atoms with E-state index in [1.54, 1.807) is 0 Å². The van der Waals surface area contributed by atoms with Crippen molar-refractivity contribution < 1.29 is 9.90 Å². The number of hydrogen-bond donors (Lipinski definition) is 1. The zero-order chi connectivity index (χ0) is 17.0. The number of aliphatic hydroxyl groups is 1. The van der Waals surface area contributed by atoms with Gasteiger partial charge in [0.1, 0.15) is 0 Å². The predicted octanol–water partition coefficient (Wildman–Crippen LogP) is 2.46. The Hall–Kier alpha value is -1.39. The van der Waals surface area contributed by atoms with Crippen molar-refractivity contribution in [2.75, 3.05) is 26.7 Å². The van der Waals surface area contributed by atoms with Crippen molar-refractivity contribution in [1.29, 1.82) is 0 Å². The van der Waals surface area contributed by atoms with E-state index in [0.717, 1.165) is 19.4 Å².